The molecule has 0 saturated carbocycles. The molecule has 0 bridgehead atoms. The molecule has 3 amide bonds. The molecule has 182 valence electrons. The van der Waals surface area contributed by atoms with Gasteiger partial charge in [0.1, 0.15) is 0 Å². The topological polar surface area (TPSA) is 90.5 Å². The van der Waals surface area contributed by atoms with Crippen molar-refractivity contribution in [3.8, 4) is 0 Å². The van der Waals surface area contributed by atoms with Crippen LogP contribution in [0.15, 0.2) is 78.9 Å². The fourth-order valence-corrected chi connectivity index (χ4v) is 3.47. The molecular weight excluding hydrogens is 440 g/mol. The largest absolute Gasteiger partial charge is 0.376 e. The predicted octanol–water partition coefficient (Wildman–Crippen LogP) is 4.93. The van der Waals surface area contributed by atoms with Crippen molar-refractivity contribution in [3.05, 3.63) is 90.0 Å². The number of para-hydroxylation sites is 1. The van der Waals surface area contributed by atoms with Crippen molar-refractivity contribution in [1.82, 2.24) is 5.32 Å². The third-order valence-electron chi connectivity index (χ3n) is 5.61. The maximum atomic E-state index is 13.0. The van der Waals surface area contributed by atoms with Gasteiger partial charge in [-0.25, -0.2) is 0 Å². The van der Waals surface area contributed by atoms with Gasteiger partial charge in [-0.2, -0.15) is 0 Å². The van der Waals surface area contributed by atoms with E-state index in [1.54, 1.807) is 47.4 Å². The molecule has 0 radical (unpaired) electrons. The molecule has 0 aromatic heterocycles. The van der Waals surface area contributed by atoms with Crippen molar-refractivity contribution in [2.24, 2.45) is 0 Å². The normalized spacial score (nSPS) is 11.3. The van der Waals surface area contributed by atoms with E-state index in [4.69, 9.17) is 0 Å². The Balaban J connectivity index is 1.56. The number of hydrogen-bond acceptors (Lipinski definition) is 4. The summed E-state index contributed by atoms with van der Waals surface area (Å²) >= 11 is 0. The van der Waals surface area contributed by atoms with Crippen LogP contribution in [0.2, 0.25) is 0 Å². The van der Waals surface area contributed by atoms with Crippen molar-refractivity contribution < 1.29 is 14.4 Å². The molecule has 0 heterocycles. The molecule has 7 nitrogen and oxygen atoms in total. The third kappa shape index (κ3) is 7.17. The number of nitrogens with one attached hydrogen (secondary N) is 3. The van der Waals surface area contributed by atoms with Gasteiger partial charge in [0.2, 0.25) is 5.91 Å². The summed E-state index contributed by atoms with van der Waals surface area (Å²) in [6, 6.07) is 23.5. The minimum Gasteiger partial charge on any atom is -0.376 e. The molecule has 7 heteroatoms. The van der Waals surface area contributed by atoms with E-state index < -0.39 is 0 Å². The molecule has 0 spiro atoms. The number of nitrogens with zero attached hydrogens (tertiary/aromatic N) is 1. The Kier molecular flexibility index (Phi) is 9.01. The lowest BCUT2D eigenvalue weighted by Crippen LogP contribution is -2.31. The summed E-state index contributed by atoms with van der Waals surface area (Å²) in [5.74, 6) is -0.482. The minimum absolute atomic E-state index is 0.0318. The molecule has 35 heavy (non-hydrogen) atoms. The van der Waals surface area contributed by atoms with Crippen molar-refractivity contribution >= 4 is 34.8 Å². The number of amides is 3. The maximum Gasteiger partial charge on any atom is 0.258 e. The van der Waals surface area contributed by atoms with Gasteiger partial charge in [-0.05, 0) is 74.9 Å². The van der Waals surface area contributed by atoms with E-state index in [1.807, 2.05) is 57.2 Å². The molecule has 1 unspecified atom stereocenters. The van der Waals surface area contributed by atoms with Crippen LogP contribution >= 0.6 is 0 Å². The average Bonchev–Trinajstić information content (AvgIpc) is 2.89. The summed E-state index contributed by atoms with van der Waals surface area (Å²) in [5.41, 5.74) is 3.18. The first-order chi connectivity index (χ1) is 16.9. The van der Waals surface area contributed by atoms with E-state index in [9.17, 15) is 14.4 Å². The van der Waals surface area contributed by atoms with Gasteiger partial charge in [0.05, 0.1) is 6.54 Å². The minimum atomic E-state index is -0.238. The van der Waals surface area contributed by atoms with Crippen LogP contribution in [0.4, 0.5) is 17.1 Å². The highest BCUT2D eigenvalue weighted by Gasteiger charge is 2.16. The van der Waals surface area contributed by atoms with Crippen LogP contribution < -0.4 is 20.9 Å². The Morgan fingerprint density at radius 3 is 2.20 bits per heavy atom. The second-order valence-electron chi connectivity index (χ2n) is 8.23. The number of carbonyl (C=O) groups is 3. The smallest absolute Gasteiger partial charge is 0.258 e. The zero-order chi connectivity index (χ0) is 25.2. The number of carbonyl (C=O) groups excluding carboxylic acids is 3. The second kappa shape index (κ2) is 12.4. The highest BCUT2D eigenvalue weighted by Crippen LogP contribution is 2.19. The Labute approximate surface area is 206 Å². The SMILES string of the molecule is CCC(C)NC(=O)c1ccc(NC(=O)CNc2cccc(C(=O)N(CC)c3ccccc3)c2)cc1. The molecule has 3 aromatic rings. The summed E-state index contributed by atoms with van der Waals surface area (Å²) in [4.78, 5) is 39.4. The first-order valence-corrected chi connectivity index (χ1v) is 11.8. The number of benzene rings is 3. The van der Waals surface area contributed by atoms with Crippen LogP contribution in [0.1, 0.15) is 47.9 Å². The second-order valence-corrected chi connectivity index (χ2v) is 8.23. The first-order valence-electron chi connectivity index (χ1n) is 11.8. The van der Waals surface area contributed by atoms with Gasteiger partial charge >= 0.3 is 0 Å². The van der Waals surface area contributed by atoms with Crippen LogP contribution in [0.3, 0.4) is 0 Å². The van der Waals surface area contributed by atoms with E-state index in [2.05, 4.69) is 16.0 Å². The summed E-state index contributed by atoms with van der Waals surface area (Å²) in [7, 11) is 0. The summed E-state index contributed by atoms with van der Waals surface area (Å²) in [6.45, 7) is 6.47. The molecule has 3 aromatic carbocycles. The highest BCUT2D eigenvalue weighted by atomic mass is 16.2. The highest BCUT2D eigenvalue weighted by molar-refractivity contribution is 6.06. The molecule has 0 fully saturated rings. The van der Waals surface area contributed by atoms with Crippen LogP contribution in [-0.4, -0.2) is 36.9 Å². The Hall–Kier alpha value is -4.13. The third-order valence-corrected chi connectivity index (χ3v) is 5.61. The van der Waals surface area contributed by atoms with Crippen molar-refractivity contribution in [3.63, 3.8) is 0 Å². The lowest BCUT2D eigenvalue weighted by atomic mass is 10.1. The van der Waals surface area contributed by atoms with E-state index in [0.717, 1.165) is 12.1 Å². The maximum absolute atomic E-state index is 13.0. The van der Waals surface area contributed by atoms with Gasteiger partial charge in [0, 0.05) is 40.8 Å². The lowest BCUT2D eigenvalue weighted by molar-refractivity contribution is -0.114. The molecule has 0 saturated heterocycles. The van der Waals surface area contributed by atoms with Crippen LogP contribution in [0, 0.1) is 0 Å². The average molecular weight is 473 g/mol. The van der Waals surface area contributed by atoms with Crippen molar-refractivity contribution in [2.45, 2.75) is 33.2 Å². The van der Waals surface area contributed by atoms with Gasteiger partial charge in [0.15, 0.2) is 0 Å². The van der Waals surface area contributed by atoms with Crippen molar-refractivity contribution in [1.29, 1.82) is 0 Å². The zero-order valence-electron chi connectivity index (χ0n) is 20.4. The van der Waals surface area contributed by atoms with Gasteiger partial charge in [-0.1, -0.05) is 31.2 Å². The fraction of sp³-hybridized carbons (Fsp3) is 0.250. The molecule has 0 aliphatic heterocycles. The van der Waals surface area contributed by atoms with E-state index >= 15 is 0 Å². The number of anilines is 3. The predicted molar refractivity (Wildman–Crippen MR) is 141 cm³/mol. The van der Waals surface area contributed by atoms with E-state index in [-0.39, 0.29) is 30.3 Å². The van der Waals surface area contributed by atoms with Crippen molar-refractivity contribution in [2.75, 3.05) is 28.6 Å². The monoisotopic (exact) mass is 472 g/mol. The first kappa shape index (κ1) is 25.5. The Morgan fingerprint density at radius 2 is 1.54 bits per heavy atom. The number of rotatable bonds is 10. The van der Waals surface area contributed by atoms with Gasteiger partial charge in [-0.3, -0.25) is 14.4 Å². The fourth-order valence-electron chi connectivity index (χ4n) is 3.47. The van der Waals surface area contributed by atoms with Gasteiger partial charge in [0.25, 0.3) is 11.8 Å². The van der Waals surface area contributed by atoms with Crippen LogP contribution in [0.25, 0.3) is 0 Å². The van der Waals surface area contributed by atoms with E-state index in [1.165, 1.54) is 0 Å². The molecule has 3 rings (SSSR count). The standard InChI is InChI=1S/C28H32N4O3/c1-4-20(3)30-27(34)21-14-16-23(17-15-21)31-26(33)19-29-24-11-9-10-22(18-24)28(35)32(5-2)25-12-7-6-8-13-25/h6-18,20,29H,4-5,19H2,1-3H3,(H,30,34)(H,31,33). The van der Waals surface area contributed by atoms with Gasteiger partial charge in [-0.15, -0.1) is 0 Å². The Bertz CT molecular complexity index is 1150. The summed E-state index contributed by atoms with van der Waals surface area (Å²) in [6.07, 6.45) is 0.855. The molecule has 0 aliphatic carbocycles. The molecular formula is C28H32N4O3. The summed E-state index contributed by atoms with van der Waals surface area (Å²) in [5, 5.41) is 8.79. The van der Waals surface area contributed by atoms with E-state index in [0.29, 0.717) is 29.0 Å². The molecule has 1 atom stereocenters. The van der Waals surface area contributed by atoms with Crippen LogP contribution in [0.5, 0.6) is 0 Å². The molecule has 0 aliphatic rings. The Morgan fingerprint density at radius 1 is 0.829 bits per heavy atom. The lowest BCUT2D eigenvalue weighted by Gasteiger charge is -2.21. The van der Waals surface area contributed by atoms with Crippen LogP contribution in [-0.2, 0) is 4.79 Å². The van der Waals surface area contributed by atoms with Gasteiger partial charge < -0.3 is 20.9 Å². The molecule has 3 N–H and O–H groups in total. The summed E-state index contributed by atoms with van der Waals surface area (Å²) < 4.78 is 0. The zero-order valence-corrected chi connectivity index (χ0v) is 20.4. The number of hydrogen-bond donors (Lipinski definition) is 3. The quantitative estimate of drug-likeness (QED) is 0.390.